The molecule has 1 rings (SSSR count). The van der Waals surface area contributed by atoms with E-state index in [1.54, 1.807) is 0 Å². The van der Waals surface area contributed by atoms with Gasteiger partial charge < -0.3 is 16.3 Å². The Morgan fingerprint density at radius 2 is 2.00 bits per heavy atom. The van der Waals surface area contributed by atoms with Gasteiger partial charge in [-0.3, -0.25) is 0 Å². The minimum absolute atomic E-state index is 0.126. The first-order valence-electron chi connectivity index (χ1n) is 5.98. The summed E-state index contributed by atoms with van der Waals surface area (Å²) in [6.45, 7) is 4.32. The quantitative estimate of drug-likeness (QED) is 0.298. The Balaban J connectivity index is 2.49. The average Bonchev–Trinajstić information content (AvgIpc) is 3.02. The van der Waals surface area contributed by atoms with Crippen LogP contribution in [0.4, 0.5) is 13.2 Å². The molecule has 18 heavy (non-hydrogen) atoms. The fourth-order valence-corrected chi connectivity index (χ4v) is 2.04. The smallest absolute Gasteiger partial charge is 0.400 e. The summed E-state index contributed by atoms with van der Waals surface area (Å²) in [6.07, 6.45) is -2.42. The average molecular weight is 267 g/mol. The van der Waals surface area contributed by atoms with E-state index in [1.165, 1.54) is 0 Å². The summed E-state index contributed by atoms with van der Waals surface area (Å²) >= 11 is 0. The summed E-state index contributed by atoms with van der Waals surface area (Å²) in [6, 6.07) is 0. The normalized spacial score (nSPS) is 21.1. The van der Waals surface area contributed by atoms with Gasteiger partial charge in [0.2, 0.25) is 0 Å². The van der Waals surface area contributed by atoms with Gasteiger partial charge in [-0.1, -0.05) is 19.0 Å². The first kappa shape index (κ1) is 15.1. The van der Waals surface area contributed by atoms with Crippen molar-refractivity contribution in [2.75, 3.05) is 13.1 Å². The van der Waals surface area contributed by atoms with Crippen LogP contribution in [-0.2, 0) is 0 Å². The predicted molar refractivity (Wildman–Crippen MR) is 62.3 cm³/mol. The Labute approximate surface area is 104 Å². The van der Waals surface area contributed by atoms with E-state index in [4.69, 9.17) is 10.9 Å². The second-order valence-electron chi connectivity index (χ2n) is 5.27. The number of nitrogens with two attached hydrogens (primary N) is 1. The number of hydrogen-bond donors (Lipinski definition) is 3. The van der Waals surface area contributed by atoms with Crippen LogP contribution in [0.2, 0.25) is 0 Å². The molecule has 0 aromatic heterocycles. The highest BCUT2D eigenvalue weighted by molar-refractivity contribution is 5.83. The number of amidine groups is 1. The van der Waals surface area contributed by atoms with E-state index < -0.39 is 17.9 Å². The van der Waals surface area contributed by atoms with Crippen molar-refractivity contribution in [2.24, 2.45) is 28.1 Å². The summed E-state index contributed by atoms with van der Waals surface area (Å²) in [5, 5.41) is 13.6. The Morgan fingerprint density at radius 3 is 2.33 bits per heavy atom. The number of hydrogen-bond acceptors (Lipinski definition) is 3. The second kappa shape index (κ2) is 5.34. The molecule has 106 valence electrons. The van der Waals surface area contributed by atoms with Gasteiger partial charge in [0.05, 0.1) is 0 Å². The summed E-state index contributed by atoms with van der Waals surface area (Å²) < 4.78 is 37.9. The summed E-state index contributed by atoms with van der Waals surface area (Å²) in [7, 11) is 0. The van der Waals surface area contributed by atoms with Crippen molar-refractivity contribution in [2.45, 2.75) is 32.9 Å². The van der Waals surface area contributed by atoms with E-state index in [0.29, 0.717) is 12.5 Å². The lowest BCUT2D eigenvalue weighted by Crippen LogP contribution is -2.44. The molecule has 1 atom stereocenters. The minimum Gasteiger partial charge on any atom is -0.409 e. The fraction of sp³-hybridized carbons (Fsp3) is 0.909. The summed E-state index contributed by atoms with van der Waals surface area (Å²) in [4.78, 5) is 0. The van der Waals surface area contributed by atoms with Gasteiger partial charge >= 0.3 is 6.18 Å². The monoisotopic (exact) mass is 267 g/mol. The molecular weight excluding hydrogens is 247 g/mol. The third-order valence-corrected chi connectivity index (χ3v) is 3.81. The molecule has 0 heterocycles. The van der Waals surface area contributed by atoms with Crippen LogP contribution in [0.3, 0.4) is 0 Å². The molecular formula is C11H20F3N3O. The second-order valence-corrected chi connectivity index (χ2v) is 5.27. The van der Waals surface area contributed by atoms with Crippen LogP contribution in [0.25, 0.3) is 0 Å². The molecule has 1 aliphatic carbocycles. The summed E-state index contributed by atoms with van der Waals surface area (Å²) in [5.41, 5.74) is 5.19. The maximum absolute atomic E-state index is 12.6. The van der Waals surface area contributed by atoms with Crippen LogP contribution >= 0.6 is 0 Å². The lowest BCUT2D eigenvalue weighted by atomic mass is 9.92. The Bertz CT molecular complexity index is 311. The number of nitrogens with one attached hydrogen (secondary N) is 1. The molecule has 0 aliphatic heterocycles. The SMILES string of the molecule is CC(C)C1(CNCC(C(N)=NO)C(F)(F)F)CC1. The van der Waals surface area contributed by atoms with Crippen molar-refractivity contribution in [3.05, 3.63) is 0 Å². The van der Waals surface area contributed by atoms with E-state index in [1.807, 2.05) is 0 Å². The molecule has 4 N–H and O–H groups in total. The molecule has 0 spiro atoms. The van der Waals surface area contributed by atoms with Gasteiger partial charge in [0.15, 0.2) is 5.84 Å². The molecule has 0 aromatic carbocycles. The number of nitrogens with zero attached hydrogens (tertiary/aromatic N) is 1. The van der Waals surface area contributed by atoms with Crippen LogP contribution in [0, 0.1) is 17.3 Å². The van der Waals surface area contributed by atoms with Crippen molar-refractivity contribution in [1.82, 2.24) is 5.32 Å². The van der Waals surface area contributed by atoms with Crippen LogP contribution in [0.5, 0.6) is 0 Å². The van der Waals surface area contributed by atoms with Gasteiger partial charge in [0.1, 0.15) is 5.92 Å². The third-order valence-electron chi connectivity index (χ3n) is 3.81. The zero-order chi connectivity index (χ0) is 14.0. The van der Waals surface area contributed by atoms with Crippen molar-refractivity contribution in [3.8, 4) is 0 Å². The van der Waals surface area contributed by atoms with Gasteiger partial charge in [0.25, 0.3) is 0 Å². The van der Waals surface area contributed by atoms with Crippen molar-refractivity contribution < 1.29 is 18.4 Å². The van der Waals surface area contributed by atoms with Gasteiger partial charge in [-0.2, -0.15) is 13.2 Å². The topological polar surface area (TPSA) is 70.6 Å². The van der Waals surface area contributed by atoms with Gasteiger partial charge in [-0.25, -0.2) is 0 Å². The molecule has 0 radical (unpaired) electrons. The molecule has 0 bridgehead atoms. The van der Waals surface area contributed by atoms with Gasteiger partial charge in [-0.05, 0) is 24.2 Å². The zero-order valence-electron chi connectivity index (χ0n) is 10.6. The molecule has 1 aliphatic rings. The van der Waals surface area contributed by atoms with Gasteiger partial charge in [-0.15, -0.1) is 0 Å². The maximum atomic E-state index is 12.6. The highest BCUT2D eigenvalue weighted by atomic mass is 19.4. The Morgan fingerprint density at radius 1 is 1.44 bits per heavy atom. The molecule has 0 aromatic rings. The summed E-state index contributed by atoms with van der Waals surface area (Å²) in [5.74, 6) is -2.30. The molecule has 1 saturated carbocycles. The van der Waals surface area contributed by atoms with Crippen LogP contribution in [0.1, 0.15) is 26.7 Å². The first-order valence-corrected chi connectivity index (χ1v) is 5.98. The van der Waals surface area contributed by atoms with E-state index in [9.17, 15) is 13.2 Å². The lowest BCUT2D eigenvalue weighted by Gasteiger charge is -2.23. The lowest BCUT2D eigenvalue weighted by molar-refractivity contribution is -0.155. The van der Waals surface area contributed by atoms with E-state index >= 15 is 0 Å². The third kappa shape index (κ3) is 3.51. The van der Waals surface area contributed by atoms with E-state index in [-0.39, 0.29) is 12.0 Å². The Hall–Kier alpha value is -0.980. The van der Waals surface area contributed by atoms with Crippen LogP contribution in [-0.4, -0.2) is 30.3 Å². The van der Waals surface area contributed by atoms with Crippen molar-refractivity contribution >= 4 is 5.84 Å². The van der Waals surface area contributed by atoms with E-state index in [0.717, 1.165) is 12.8 Å². The number of halogens is 3. The van der Waals surface area contributed by atoms with Crippen LogP contribution < -0.4 is 11.1 Å². The highest BCUT2D eigenvalue weighted by Crippen LogP contribution is 2.51. The zero-order valence-corrected chi connectivity index (χ0v) is 10.6. The number of rotatable bonds is 6. The first-order chi connectivity index (χ1) is 8.23. The molecule has 4 nitrogen and oxygen atoms in total. The standard InChI is InChI=1S/C11H20F3N3O/c1-7(2)10(3-4-10)6-16-5-8(9(15)17-18)11(12,13)14/h7-8,16,18H,3-6H2,1-2H3,(H2,15,17). The fourth-order valence-electron chi connectivity index (χ4n) is 2.04. The number of alkyl halides is 3. The molecule has 0 amide bonds. The maximum Gasteiger partial charge on any atom is 0.400 e. The van der Waals surface area contributed by atoms with E-state index in [2.05, 4.69) is 24.3 Å². The largest absolute Gasteiger partial charge is 0.409 e. The molecule has 0 saturated heterocycles. The Kier molecular flexibility index (Phi) is 4.47. The predicted octanol–water partition coefficient (Wildman–Crippen LogP) is 1.94. The van der Waals surface area contributed by atoms with Crippen molar-refractivity contribution in [1.29, 1.82) is 0 Å². The van der Waals surface area contributed by atoms with Crippen LogP contribution in [0.15, 0.2) is 5.16 Å². The molecule has 1 fully saturated rings. The number of oxime groups is 1. The highest BCUT2D eigenvalue weighted by Gasteiger charge is 2.46. The minimum atomic E-state index is -4.50. The van der Waals surface area contributed by atoms with Gasteiger partial charge in [0, 0.05) is 13.1 Å². The van der Waals surface area contributed by atoms with Crippen molar-refractivity contribution in [3.63, 3.8) is 0 Å². The molecule has 7 heteroatoms. The molecule has 1 unspecified atom stereocenters.